The Labute approximate surface area is 104 Å². The van der Waals surface area contributed by atoms with E-state index < -0.39 is 12.0 Å². The van der Waals surface area contributed by atoms with Crippen molar-refractivity contribution in [2.45, 2.75) is 25.9 Å². The van der Waals surface area contributed by atoms with Crippen LogP contribution in [0.1, 0.15) is 18.8 Å². The van der Waals surface area contributed by atoms with Crippen LogP contribution in [-0.4, -0.2) is 26.7 Å². The maximum Gasteiger partial charge on any atom is 0.322 e. The molecule has 0 amide bonds. The van der Waals surface area contributed by atoms with Crippen molar-refractivity contribution in [3.63, 3.8) is 0 Å². The van der Waals surface area contributed by atoms with Crippen molar-refractivity contribution in [1.82, 2.24) is 9.55 Å². The number of carboxylic acids is 1. The molecule has 84 valence electrons. The average molecular weight is 341 g/mol. The summed E-state index contributed by atoms with van der Waals surface area (Å²) in [6.45, 7) is 3.53. The number of imidazole rings is 1. The monoisotopic (exact) mass is 339 g/mol. The van der Waals surface area contributed by atoms with E-state index in [2.05, 4.69) is 36.8 Å². The molecule has 0 spiro atoms. The largest absolute Gasteiger partial charge is 0.480 e. The second-order valence-electron chi connectivity index (χ2n) is 3.22. The first kappa shape index (κ1) is 12.7. The number of aliphatic carboxylic acids is 1. The lowest BCUT2D eigenvalue weighted by Gasteiger charge is -2.19. The molecule has 3 N–H and O–H groups in total. The third kappa shape index (κ3) is 2.40. The van der Waals surface area contributed by atoms with Crippen molar-refractivity contribution in [2.24, 2.45) is 5.73 Å². The summed E-state index contributed by atoms with van der Waals surface area (Å²) in [5.74, 6) is -0.323. The van der Waals surface area contributed by atoms with Crippen LogP contribution in [0.15, 0.2) is 9.21 Å². The Hall–Kier alpha value is -0.400. The molecule has 0 aliphatic rings. The van der Waals surface area contributed by atoms with Gasteiger partial charge in [0.25, 0.3) is 0 Å². The SMILES string of the molecule is Cc1nc(Br)c(Br)n1C(C)C(N)C(=O)O. The van der Waals surface area contributed by atoms with Crippen LogP contribution in [0.5, 0.6) is 0 Å². The van der Waals surface area contributed by atoms with E-state index in [0.717, 1.165) is 0 Å². The van der Waals surface area contributed by atoms with Crippen LogP contribution in [0.25, 0.3) is 0 Å². The van der Waals surface area contributed by atoms with Crippen molar-refractivity contribution in [1.29, 1.82) is 0 Å². The number of nitrogens with zero attached hydrogens (tertiary/aromatic N) is 2. The van der Waals surface area contributed by atoms with Crippen LogP contribution in [0.4, 0.5) is 0 Å². The first-order valence-electron chi connectivity index (χ1n) is 4.24. The minimum atomic E-state index is -1.03. The van der Waals surface area contributed by atoms with E-state index in [-0.39, 0.29) is 6.04 Å². The van der Waals surface area contributed by atoms with Crippen LogP contribution in [0.2, 0.25) is 0 Å². The molecule has 0 aliphatic carbocycles. The van der Waals surface area contributed by atoms with Gasteiger partial charge < -0.3 is 15.4 Å². The molecule has 1 rings (SSSR count). The molecule has 2 unspecified atom stereocenters. The molecule has 0 fully saturated rings. The first-order valence-corrected chi connectivity index (χ1v) is 5.83. The van der Waals surface area contributed by atoms with E-state index in [4.69, 9.17) is 10.8 Å². The highest BCUT2D eigenvalue weighted by Crippen LogP contribution is 2.28. The quantitative estimate of drug-likeness (QED) is 0.877. The Kier molecular flexibility index (Phi) is 3.91. The second-order valence-corrected chi connectivity index (χ2v) is 4.72. The van der Waals surface area contributed by atoms with Gasteiger partial charge in [-0.1, -0.05) is 0 Å². The zero-order chi connectivity index (χ0) is 11.7. The number of rotatable bonds is 3. The Morgan fingerprint density at radius 1 is 1.60 bits per heavy atom. The molecule has 1 aromatic heterocycles. The first-order chi connectivity index (χ1) is 6.86. The van der Waals surface area contributed by atoms with E-state index in [0.29, 0.717) is 15.0 Å². The fourth-order valence-electron chi connectivity index (χ4n) is 1.32. The number of aryl methyl sites for hydroxylation is 1. The molecule has 0 bridgehead atoms. The molecule has 5 nitrogen and oxygen atoms in total. The number of carbonyl (C=O) groups is 1. The highest BCUT2D eigenvalue weighted by Gasteiger charge is 2.25. The van der Waals surface area contributed by atoms with Gasteiger partial charge in [0.15, 0.2) is 0 Å². The van der Waals surface area contributed by atoms with Crippen LogP contribution >= 0.6 is 31.9 Å². The Bertz CT molecular complexity index is 391. The van der Waals surface area contributed by atoms with Crippen LogP contribution < -0.4 is 5.73 Å². The summed E-state index contributed by atoms with van der Waals surface area (Å²) < 4.78 is 3.08. The normalized spacial score (nSPS) is 15.0. The Morgan fingerprint density at radius 3 is 2.47 bits per heavy atom. The van der Waals surface area contributed by atoms with E-state index in [9.17, 15) is 4.79 Å². The smallest absolute Gasteiger partial charge is 0.322 e. The topological polar surface area (TPSA) is 81.1 Å². The number of aromatic nitrogens is 2. The predicted molar refractivity (Wildman–Crippen MR) is 62.7 cm³/mol. The van der Waals surface area contributed by atoms with Crippen LogP contribution in [0.3, 0.4) is 0 Å². The summed E-state index contributed by atoms with van der Waals surface area (Å²) in [7, 11) is 0. The molecule has 2 atom stereocenters. The molecule has 0 aromatic carbocycles. The predicted octanol–water partition coefficient (Wildman–Crippen LogP) is 1.69. The van der Waals surface area contributed by atoms with Gasteiger partial charge in [-0.3, -0.25) is 4.79 Å². The molecule has 0 radical (unpaired) electrons. The number of carboxylic acid groups (broad SMARTS) is 1. The minimum Gasteiger partial charge on any atom is -0.480 e. The molecular weight excluding hydrogens is 330 g/mol. The van der Waals surface area contributed by atoms with Gasteiger partial charge in [0.1, 0.15) is 21.1 Å². The summed E-state index contributed by atoms with van der Waals surface area (Å²) in [5.41, 5.74) is 5.55. The number of hydrogen-bond acceptors (Lipinski definition) is 3. The highest BCUT2D eigenvalue weighted by molar-refractivity contribution is 9.13. The summed E-state index contributed by atoms with van der Waals surface area (Å²) in [6.07, 6.45) is 0. The maximum atomic E-state index is 10.8. The van der Waals surface area contributed by atoms with Crippen molar-refractivity contribution in [2.75, 3.05) is 0 Å². The second kappa shape index (κ2) is 4.63. The fourth-order valence-corrected chi connectivity index (χ4v) is 2.44. The number of halogens is 2. The van der Waals surface area contributed by atoms with Gasteiger partial charge in [-0.2, -0.15) is 0 Å². The van der Waals surface area contributed by atoms with Crippen molar-refractivity contribution in [3.05, 3.63) is 15.0 Å². The summed E-state index contributed by atoms with van der Waals surface area (Å²) >= 11 is 6.58. The van der Waals surface area contributed by atoms with Gasteiger partial charge in [-0.05, 0) is 45.7 Å². The van der Waals surface area contributed by atoms with Gasteiger partial charge in [-0.25, -0.2) is 4.98 Å². The van der Waals surface area contributed by atoms with E-state index in [1.165, 1.54) is 0 Å². The van der Waals surface area contributed by atoms with Gasteiger partial charge in [-0.15, -0.1) is 0 Å². The number of nitrogens with two attached hydrogens (primary N) is 1. The van der Waals surface area contributed by atoms with Crippen molar-refractivity contribution in [3.8, 4) is 0 Å². The van der Waals surface area contributed by atoms with Crippen LogP contribution in [-0.2, 0) is 4.79 Å². The third-order valence-corrected chi connectivity index (χ3v) is 4.05. The highest BCUT2D eigenvalue weighted by atomic mass is 79.9. The zero-order valence-corrected chi connectivity index (χ0v) is 11.4. The average Bonchev–Trinajstić information content (AvgIpc) is 2.39. The van der Waals surface area contributed by atoms with Gasteiger partial charge >= 0.3 is 5.97 Å². The Balaban J connectivity index is 3.10. The molecular formula is C8H11Br2N3O2. The lowest BCUT2D eigenvalue weighted by Crippen LogP contribution is -2.38. The van der Waals surface area contributed by atoms with Gasteiger partial charge in [0, 0.05) is 0 Å². The lowest BCUT2D eigenvalue weighted by molar-refractivity contribution is -0.139. The standard InChI is InChI=1S/C8H11Br2N3O2/c1-3(5(11)8(14)15)13-4(2)12-6(9)7(13)10/h3,5H,11H2,1-2H3,(H,14,15). The maximum absolute atomic E-state index is 10.8. The van der Waals surface area contributed by atoms with E-state index >= 15 is 0 Å². The van der Waals surface area contributed by atoms with E-state index in [1.54, 1.807) is 18.4 Å². The zero-order valence-electron chi connectivity index (χ0n) is 8.24. The Morgan fingerprint density at radius 2 is 2.13 bits per heavy atom. The van der Waals surface area contributed by atoms with E-state index in [1.807, 2.05) is 0 Å². The van der Waals surface area contributed by atoms with Crippen molar-refractivity contribution < 1.29 is 9.90 Å². The molecule has 7 heteroatoms. The lowest BCUT2D eigenvalue weighted by atomic mass is 10.1. The van der Waals surface area contributed by atoms with Crippen molar-refractivity contribution >= 4 is 37.8 Å². The van der Waals surface area contributed by atoms with Gasteiger partial charge in [0.2, 0.25) is 0 Å². The summed E-state index contributed by atoms with van der Waals surface area (Å²) in [4.78, 5) is 14.9. The number of hydrogen-bond donors (Lipinski definition) is 2. The molecule has 1 heterocycles. The molecule has 15 heavy (non-hydrogen) atoms. The third-order valence-electron chi connectivity index (χ3n) is 2.20. The minimum absolute atomic E-state index is 0.365. The molecule has 0 saturated heterocycles. The van der Waals surface area contributed by atoms with Crippen LogP contribution in [0, 0.1) is 6.92 Å². The molecule has 1 aromatic rings. The summed E-state index contributed by atoms with van der Waals surface area (Å²) in [6, 6.07) is -1.32. The fraction of sp³-hybridized carbons (Fsp3) is 0.500. The summed E-state index contributed by atoms with van der Waals surface area (Å²) in [5, 5.41) is 8.82. The molecule has 0 saturated carbocycles. The van der Waals surface area contributed by atoms with Gasteiger partial charge in [0.05, 0.1) is 6.04 Å². The molecule has 0 aliphatic heterocycles.